The molecule has 0 atom stereocenters. The highest BCUT2D eigenvalue weighted by Crippen LogP contribution is 2.27. The van der Waals surface area contributed by atoms with Crippen LogP contribution in [0.25, 0.3) is 0 Å². The molecular weight excluding hydrogens is 212 g/mol. The number of aromatic hydroxyl groups is 1. The maximum absolute atomic E-state index is 9.30. The van der Waals surface area contributed by atoms with E-state index in [9.17, 15) is 5.11 Å². The first-order valence-electron chi connectivity index (χ1n) is 2.83. The molecule has 0 aromatic heterocycles. The van der Waals surface area contributed by atoms with Gasteiger partial charge in [-0.05, 0) is 22.0 Å². The van der Waals surface area contributed by atoms with Crippen LogP contribution in [0.3, 0.4) is 0 Å². The van der Waals surface area contributed by atoms with Crippen molar-refractivity contribution in [1.82, 2.24) is 0 Å². The first-order valence-corrected chi connectivity index (χ1v) is 4.25. The Morgan fingerprint density at radius 3 is 2.70 bits per heavy atom. The fourth-order valence-corrected chi connectivity index (χ4v) is 1.35. The van der Waals surface area contributed by atoms with Crippen LogP contribution >= 0.6 is 28.6 Å². The van der Waals surface area contributed by atoms with Crippen molar-refractivity contribution < 1.29 is 5.11 Å². The van der Waals surface area contributed by atoms with Crippen molar-refractivity contribution in [2.45, 2.75) is 5.75 Å². The Kier molecular flexibility index (Phi) is 2.63. The maximum atomic E-state index is 9.30. The highest BCUT2D eigenvalue weighted by molar-refractivity contribution is 9.10. The number of hydrogen-bond donors (Lipinski definition) is 2. The molecule has 0 aliphatic heterocycles. The molecule has 0 aliphatic rings. The zero-order valence-electron chi connectivity index (χ0n) is 5.21. The van der Waals surface area contributed by atoms with E-state index in [2.05, 4.69) is 28.6 Å². The number of benzene rings is 1. The topological polar surface area (TPSA) is 20.2 Å². The molecule has 0 fully saturated rings. The van der Waals surface area contributed by atoms with Crippen LogP contribution < -0.4 is 0 Å². The zero-order chi connectivity index (χ0) is 7.56. The number of phenolic OH excluding ortho intramolecular Hbond substituents is 1. The van der Waals surface area contributed by atoms with Gasteiger partial charge in [0, 0.05) is 11.3 Å². The van der Waals surface area contributed by atoms with Crippen LogP contribution in [-0.4, -0.2) is 5.11 Å². The van der Waals surface area contributed by atoms with Crippen molar-refractivity contribution in [3.63, 3.8) is 0 Å². The van der Waals surface area contributed by atoms with E-state index >= 15 is 0 Å². The molecule has 0 aliphatic carbocycles. The van der Waals surface area contributed by atoms with Crippen LogP contribution in [0.1, 0.15) is 5.56 Å². The zero-order valence-corrected chi connectivity index (χ0v) is 7.69. The molecule has 1 aromatic carbocycles. The quantitative estimate of drug-likeness (QED) is 0.695. The summed E-state index contributed by atoms with van der Waals surface area (Å²) in [6, 6.07) is 5.50. The highest BCUT2D eigenvalue weighted by atomic mass is 79.9. The van der Waals surface area contributed by atoms with E-state index < -0.39 is 0 Å². The van der Waals surface area contributed by atoms with Gasteiger partial charge in [-0.25, -0.2) is 0 Å². The summed E-state index contributed by atoms with van der Waals surface area (Å²) < 4.78 is 0.721. The number of halogens is 1. The standard InChI is InChI=1S/C7H7BrOS/c8-6-3-1-2-5(4-10)7(6)9/h1-3,9-10H,4H2. The van der Waals surface area contributed by atoms with E-state index in [4.69, 9.17) is 0 Å². The molecule has 3 heteroatoms. The largest absolute Gasteiger partial charge is 0.506 e. The van der Waals surface area contributed by atoms with Gasteiger partial charge < -0.3 is 5.11 Å². The van der Waals surface area contributed by atoms with E-state index in [0.29, 0.717) is 5.75 Å². The second-order valence-corrected chi connectivity index (χ2v) is 3.08. The summed E-state index contributed by atoms with van der Waals surface area (Å²) >= 11 is 7.25. The van der Waals surface area contributed by atoms with E-state index in [0.717, 1.165) is 10.0 Å². The van der Waals surface area contributed by atoms with Crippen LogP contribution in [0.2, 0.25) is 0 Å². The molecule has 1 nitrogen and oxygen atoms in total. The summed E-state index contributed by atoms with van der Waals surface area (Å²) in [5, 5.41) is 9.30. The van der Waals surface area contributed by atoms with Crippen molar-refractivity contribution >= 4 is 28.6 Å². The minimum Gasteiger partial charge on any atom is -0.506 e. The molecule has 1 N–H and O–H groups in total. The number of hydrogen-bond acceptors (Lipinski definition) is 2. The molecule has 0 bridgehead atoms. The van der Waals surface area contributed by atoms with Gasteiger partial charge in [0.2, 0.25) is 0 Å². The first kappa shape index (κ1) is 7.95. The summed E-state index contributed by atoms with van der Waals surface area (Å²) in [4.78, 5) is 0. The Morgan fingerprint density at radius 2 is 2.20 bits per heavy atom. The van der Waals surface area contributed by atoms with Gasteiger partial charge in [0.1, 0.15) is 5.75 Å². The van der Waals surface area contributed by atoms with E-state index in [1.54, 1.807) is 6.07 Å². The maximum Gasteiger partial charge on any atom is 0.133 e. The van der Waals surface area contributed by atoms with Gasteiger partial charge in [-0.1, -0.05) is 12.1 Å². The molecule has 0 heterocycles. The number of para-hydroxylation sites is 1. The predicted molar refractivity (Wildman–Crippen MR) is 48.5 cm³/mol. The molecule has 0 saturated carbocycles. The van der Waals surface area contributed by atoms with Gasteiger partial charge in [-0.15, -0.1) is 0 Å². The van der Waals surface area contributed by atoms with Crippen LogP contribution in [-0.2, 0) is 5.75 Å². The summed E-state index contributed by atoms with van der Waals surface area (Å²) in [6.45, 7) is 0. The molecule has 0 unspecified atom stereocenters. The number of rotatable bonds is 1. The average Bonchev–Trinajstić information content (AvgIpc) is 1.95. The third kappa shape index (κ3) is 1.47. The van der Waals surface area contributed by atoms with Crippen molar-refractivity contribution in [2.75, 3.05) is 0 Å². The second-order valence-electron chi connectivity index (χ2n) is 1.91. The fourth-order valence-electron chi connectivity index (χ4n) is 0.688. The molecule has 10 heavy (non-hydrogen) atoms. The van der Waals surface area contributed by atoms with Gasteiger partial charge in [0.25, 0.3) is 0 Å². The van der Waals surface area contributed by atoms with E-state index in [-0.39, 0.29) is 5.75 Å². The lowest BCUT2D eigenvalue weighted by Gasteiger charge is -2.00. The lowest BCUT2D eigenvalue weighted by atomic mass is 10.2. The molecule has 0 amide bonds. The highest BCUT2D eigenvalue weighted by Gasteiger charge is 2.00. The van der Waals surface area contributed by atoms with Gasteiger partial charge in [-0.3, -0.25) is 0 Å². The third-order valence-electron chi connectivity index (χ3n) is 1.24. The van der Waals surface area contributed by atoms with Crippen molar-refractivity contribution in [2.24, 2.45) is 0 Å². The lowest BCUT2D eigenvalue weighted by Crippen LogP contribution is -1.78. The second kappa shape index (κ2) is 3.30. The number of thiol groups is 1. The SMILES string of the molecule is Oc1c(Br)cccc1CS. The van der Waals surface area contributed by atoms with Crippen molar-refractivity contribution in [1.29, 1.82) is 0 Å². The van der Waals surface area contributed by atoms with Crippen molar-refractivity contribution in [3.05, 3.63) is 28.2 Å². The summed E-state index contributed by atoms with van der Waals surface area (Å²) in [5.41, 5.74) is 0.845. The Labute approximate surface area is 73.6 Å². The van der Waals surface area contributed by atoms with E-state index in [1.165, 1.54) is 0 Å². The van der Waals surface area contributed by atoms with Crippen molar-refractivity contribution in [3.8, 4) is 5.75 Å². The number of phenols is 1. The van der Waals surface area contributed by atoms with Gasteiger partial charge in [0.15, 0.2) is 0 Å². The Morgan fingerprint density at radius 1 is 1.50 bits per heavy atom. The van der Waals surface area contributed by atoms with Crippen LogP contribution in [0.5, 0.6) is 5.75 Å². The van der Waals surface area contributed by atoms with Crippen LogP contribution in [0.15, 0.2) is 22.7 Å². The monoisotopic (exact) mass is 218 g/mol. The summed E-state index contributed by atoms with van der Waals surface area (Å²) in [5.74, 6) is 0.850. The Balaban J connectivity index is 3.14. The first-order chi connectivity index (χ1) is 4.75. The van der Waals surface area contributed by atoms with E-state index in [1.807, 2.05) is 12.1 Å². The predicted octanol–water partition coefficient (Wildman–Crippen LogP) is 2.58. The smallest absolute Gasteiger partial charge is 0.133 e. The van der Waals surface area contributed by atoms with Gasteiger partial charge >= 0.3 is 0 Å². The molecule has 54 valence electrons. The van der Waals surface area contributed by atoms with Crippen LogP contribution in [0.4, 0.5) is 0 Å². The third-order valence-corrected chi connectivity index (χ3v) is 2.22. The van der Waals surface area contributed by atoms with Gasteiger partial charge in [-0.2, -0.15) is 12.6 Å². The molecule has 1 rings (SSSR count). The average molecular weight is 219 g/mol. The normalized spacial score (nSPS) is 9.80. The summed E-state index contributed by atoms with van der Waals surface area (Å²) in [7, 11) is 0. The molecule has 1 aromatic rings. The molecule has 0 saturated heterocycles. The fraction of sp³-hybridized carbons (Fsp3) is 0.143. The Bertz CT molecular complexity index is 237. The molecular formula is C7H7BrOS. The Hall–Kier alpha value is -0.150. The molecule has 0 radical (unpaired) electrons. The van der Waals surface area contributed by atoms with Gasteiger partial charge in [0.05, 0.1) is 4.47 Å². The van der Waals surface area contributed by atoms with Crippen LogP contribution in [0, 0.1) is 0 Å². The molecule has 0 spiro atoms. The summed E-state index contributed by atoms with van der Waals surface area (Å²) in [6.07, 6.45) is 0. The minimum absolute atomic E-state index is 0.289. The minimum atomic E-state index is 0.289. The lowest BCUT2D eigenvalue weighted by molar-refractivity contribution is 0.467.